The van der Waals surface area contributed by atoms with Crippen LogP contribution in [-0.2, 0) is 0 Å². The number of carbonyl (C=O) groups is 1. The summed E-state index contributed by atoms with van der Waals surface area (Å²) < 4.78 is 0. The first-order valence-corrected chi connectivity index (χ1v) is 6.65. The highest BCUT2D eigenvalue weighted by Crippen LogP contribution is 2.30. The van der Waals surface area contributed by atoms with Crippen molar-refractivity contribution in [3.05, 3.63) is 46.4 Å². The lowest BCUT2D eigenvalue weighted by Gasteiger charge is -2.06. The van der Waals surface area contributed by atoms with Crippen molar-refractivity contribution in [3.8, 4) is 10.7 Å². The van der Waals surface area contributed by atoms with Crippen molar-refractivity contribution in [2.75, 3.05) is 0 Å². The summed E-state index contributed by atoms with van der Waals surface area (Å²) in [5.74, 6) is -1.03. The smallest absolute Gasteiger partial charge is 0.336 e. The molecule has 19 heavy (non-hydrogen) atoms. The second-order valence-electron chi connectivity index (χ2n) is 3.83. The molecule has 6 heteroatoms. The predicted molar refractivity (Wildman–Crippen MR) is 74.8 cm³/mol. The average Bonchev–Trinajstić information content (AvgIpc) is 2.91. The van der Waals surface area contributed by atoms with Gasteiger partial charge in [0.2, 0.25) is 0 Å². The van der Waals surface area contributed by atoms with Crippen LogP contribution in [0.25, 0.3) is 21.6 Å². The number of carboxylic acids is 1. The van der Waals surface area contributed by atoms with E-state index in [4.69, 9.17) is 11.6 Å². The quantitative estimate of drug-likeness (QED) is 0.781. The summed E-state index contributed by atoms with van der Waals surface area (Å²) in [6.45, 7) is 0. The Labute approximate surface area is 117 Å². The van der Waals surface area contributed by atoms with Crippen LogP contribution in [-0.4, -0.2) is 21.0 Å². The van der Waals surface area contributed by atoms with Crippen LogP contribution in [0.1, 0.15) is 10.4 Å². The molecule has 0 aliphatic rings. The van der Waals surface area contributed by atoms with Gasteiger partial charge in [0.1, 0.15) is 10.7 Å². The summed E-state index contributed by atoms with van der Waals surface area (Å²) in [5.41, 5.74) is 1.24. The van der Waals surface area contributed by atoms with E-state index in [0.717, 1.165) is 0 Å². The molecule has 0 atom stereocenters. The van der Waals surface area contributed by atoms with Crippen LogP contribution in [0.4, 0.5) is 0 Å². The summed E-state index contributed by atoms with van der Waals surface area (Å²) in [5, 5.41) is 12.7. The fraction of sp³-hybridized carbons (Fsp3) is 0. The number of fused-ring (bicyclic) bond motifs is 1. The number of pyridine rings is 1. The summed E-state index contributed by atoms with van der Waals surface area (Å²) in [6, 6.07) is 6.65. The van der Waals surface area contributed by atoms with E-state index < -0.39 is 5.97 Å². The fourth-order valence-corrected chi connectivity index (χ4v) is 2.74. The van der Waals surface area contributed by atoms with Gasteiger partial charge in [-0.2, -0.15) is 0 Å². The lowest BCUT2D eigenvalue weighted by atomic mass is 10.1. The molecule has 1 aromatic carbocycles. The minimum Gasteiger partial charge on any atom is -0.478 e. The maximum Gasteiger partial charge on any atom is 0.336 e. The highest BCUT2D eigenvalue weighted by Gasteiger charge is 2.16. The first-order valence-electron chi connectivity index (χ1n) is 5.39. The molecule has 0 spiro atoms. The molecule has 2 heterocycles. The van der Waals surface area contributed by atoms with E-state index in [1.165, 1.54) is 17.4 Å². The predicted octanol–water partition coefficient (Wildman–Crippen LogP) is 3.71. The number of hydrogen-bond donors (Lipinski definition) is 1. The van der Waals surface area contributed by atoms with Crippen molar-refractivity contribution in [3.63, 3.8) is 0 Å². The van der Waals surface area contributed by atoms with Gasteiger partial charge >= 0.3 is 5.97 Å². The number of hydrogen-bond acceptors (Lipinski definition) is 4. The van der Waals surface area contributed by atoms with Crippen molar-refractivity contribution in [1.29, 1.82) is 0 Å². The van der Waals surface area contributed by atoms with Crippen molar-refractivity contribution in [2.45, 2.75) is 0 Å². The molecule has 1 N–H and O–H groups in total. The van der Waals surface area contributed by atoms with E-state index in [2.05, 4.69) is 9.97 Å². The molecule has 0 radical (unpaired) electrons. The Kier molecular flexibility index (Phi) is 2.93. The van der Waals surface area contributed by atoms with Gasteiger partial charge in [-0.25, -0.2) is 14.8 Å². The minimum absolute atomic E-state index is 0.140. The van der Waals surface area contributed by atoms with Crippen LogP contribution in [0, 0.1) is 0 Å². The van der Waals surface area contributed by atoms with Gasteiger partial charge in [-0.1, -0.05) is 17.7 Å². The van der Waals surface area contributed by atoms with Crippen LogP contribution in [0.15, 0.2) is 35.8 Å². The van der Waals surface area contributed by atoms with E-state index in [-0.39, 0.29) is 5.56 Å². The molecule has 0 fully saturated rings. The van der Waals surface area contributed by atoms with Crippen LogP contribution < -0.4 is 0 Å². The molecular formula is C13H7ClN2O2S. The van der Waals surface area contributed by atoms with Gasteiger partial charge in [0, 0.05) is 17.0 Å². The molecular weight excluding hydrogens is 284 g/mol. The van der Waals surface area contributed by atoms with Crippen molar-refractivity contribution in [1.82, 2.24) is 9.97 Å². The number of aromatic nitrogens is 2. The van der Waals surface area contributed by atoms with E-state index in [9.17, 15) is 9.90 Å². The molecule has 4 nitrogen and oxygen atoms in total. The van der Waals surface area contributed by atoms with Gasteiger partial charge in [-0.15, -0.1) is 11.3 Å². The Balaban J connectivity index is 2.38. The Morgan fingerprint density at radius 3 is 2.89 bits per heavy atom. The first kappa shape index (κ1) is 12.1. The molecule has 0 bridgehead atoms. The zero-order valence-corrected chi connectivity index (χ0v) is 11.1. The minimum atomic E-state index is -1.03. The normalized spacial score (nSPS) is 10.8. The highest BCUT2D eigenvalue weighted by atomic mass is 35.5. The van der Waals surface area contributed by atoms with E-state index in [0.29, 0.717) is 26.6 Å². The lowest BCUT2D eigenvalue weighted by Crippen LogP contribution is -2.00. The molecule has 2 aromatic heterocycles. The molecule has 3 aromatic rings. The zero-order chi connectivity index (χ0) is 13.4. The lowest BCUT2D eigenvalue weighted by molar-refractivity contribution is 0.0699. The molecule has 0 amide bonds. The average molecular weight is 291 g/mol. The van der Waals surface area contributed by atoms with Gasteiger partial charge in [0.05, 0.1) is 16.1 Å². The first-order chi connectivity index (χ1) is 9.16. The summed E-state index contributed by atoms with van der Waals surface area (Å²) >= 11 is 7.48. The van der Waals surface area contributed by atoms with E-state index in [1.807, 2.05) is 5.38 Å². The topological polar surface area (TPSA) is 63.1 Å². The van der Waals surface area contributed by atoms with Crippen molar-refractivity contribution < 1.29 is 9.90 Å². The second kappa shape index (κ2) is 4.60. The number of benzene rings is 1. The molecule has 0 unspecified atom stereocenters. The molecule has 0 aliphatic carbocycles. The largest absolute Gasteiger partial charge is 0.478 e. The number of carboxylic acid groups (broad SMARTS) is 1. The summed E-state index contributed by atoms with van der Waals surface area (Å²) in [6.07, 6.45) is 1.66. The molecule has 0 saturated carbocycles. The van der Waals surface area contributed by atoms with Crippen molar-refractivity contribution >= 4 is 39.8 Å². The molecule has 3 rings (SSSR count). The second-order valence-corrected chi connectivity index (χ2v) is 5.13. The Hall–Kier alpha value is -1.98. The summed E-state index contributed by atoms with van der Waals surface area (Å²) in [4.78, 5) is 20.0. The number of nitrogens with zero attached hydrogens (tertiary/aromatic N) is 2. The summed E-state index contributed by atoms with van der Waals surface area (Å²) in [7, 11) is 0. The number of halogens is 1. The standard InChI is InChI=1S/C13H7ClN2O2S/c14-8-2-1-3-9-11(8)7(13(17)18)6-10(16-9)12-15-4-5-19-12/h1-6H,(H,17,18). The van der Waals surface area contributed by atoms with Gasteiger partial charge in [0.15, 0.2) is 0 Å². The number of rotatable bonds is 2. The maximum absolute atomic E-state index is 11.4. The Morgan fingerprint density at radius 2 is 2.21 bits per heavy atom. The van der Waals surface area contributed by atoms with E-state index in [1.54, 1.807) is 24.4 Å². The molecule has 0 aliphatic heterocycles. The van der Waals surface area contributed by atoms with Gasteiger partial charge in [0.25, 0.3) is 0 Å². The monoisotopic (exact) mass is 290 g/mol. The number of aromatic carboxylic acids is 1. The van der Waals surface area contributed by atoms with Crippen LogP contribution >= 0.6 is 22.9 Å². The van der Waals surface area contributed by atoms with Gasteiger partial charge in [-0.3, -0.25) is 0 Å². The zero-order valence-electron chi connectivity index (χ0n) is 9.50. The Bertz CT molecular complexity index is 772. The third kappa shape index (κ3) is 2.07. The van der Waals surface area contributed by atoms with Crippen LogP contribution in [0.5, 0.6) is 0 Å². The van der Waals surface area contributed by atoms with Gasteiger partial charge in [-0.05, 0) is 18.2 Å². The number of thiazole rings is 1. The molecule has 0 saturated heterocycles. The highest BCUT2D eigenvalue weighted by molar-refractivity contribution is 7.13. The van der Waals surface area contributed by atoms with E-state index >= 15 is 0 Å². The molecule has 94 valence electrons. The maximum atomic E-state index is 11.4. The SMILES string of the molecule is O=C(O)c1cc(-c2nccs2)nc2cccc(Cl)c12. The van der Waals surface area contributed by atoms with Crippen molar-refractivity contribution in [2.24, 2.45) is 0 Å². The van der Waals surface area contributed by atoms with Crippen LogP contribution in [0.3, 0.4) is 0 Å². The van der Waals surface area contributed by atoms with Gasteiger partial charge < -0.3 is 5.11 Å². The third-order valence-electron chi connectivity index (χ3n) is 2.66. The third-order valence-corrected chi connectivity index (χ3v) is 3.78. The van der Waals surface area contributed by atoms with Crippen LogP contribution in [0.2, 0.25) is 5.02 Å². The Morgan fingerprint density at radius 1 is 1.37 bits per heavy atom. The fourth-order valence-electron chi connectivity index (χ4n) is 1.87.